The van der Waals surface area contributed by atoms with E-state index in [1.165, 1.54) is 24.7 Å². The summed E-state index contributed by atoms with van der Waals surface area (Å²) in [5.41, 5.74) is 3.17. The molecule has 0 saturated heterocycles. The fourth-order valence-corrected chi connectivity index (χ4v) is 3.21. The van der Waals surface area contributed by atoms with Gasteiger partial charge in [0.1, 0.15) is 22.5 Å². The number of rotatable bonds is 3. The van der Waals surface area contributed by atoms with Gasteiger partial charge in [-0.15, -0.1) is 0 Å². The van der Waals surface area contributed by atoms with Gasteiger partial charge in [-0.05, 0) is 24.8 Å². The lowest BCUT2D eigenvalue weighted by Crippen LogP contribution is -2.31. The maximum absolute atomic E-state index is 6.14. The van der Waals surface area contributed by atoms with E-state index in [9.17, 15) is 0 Å². The van der Waals surface area contributed by atoms with Crippen LogP contribution in [0, 0.1) is 0 Å². The van der Waals surface area contributed by atoms with Crippen molar-refractivity contribution in [3.05, 3.63) is 45.5 Å². The zero-order chi connectivity index (χ0) is 15.1. The highest BCUT2D eigenvalue weighted by atomic mass is 35.5. The van der Waals surface area contributed by atoms with Crippen molar-refractivity contribution >= 4 is 23.2 Å². The average Bonchev–Trinajstić information content (AvgIpc) is 3.35. The lowest BCUT2D eigenvalue weighted by atomic mass is 10.1. The van der Waals surface area contributed by atoms with Gasteiger partial charge in [-0.3, -0.25) is 4.90 Å². The molecular formula is C15H15Cl2N5. The van der Waals surface area contributed by atoms with E-state index in [0.717, 1.165) is 36.6 Å². The van der Waals surface area contributed by atoms with Gasteiger partial charge in [0.05, 0.1) is 5.69 Å². The van der Waals surface area contributed by atoms with Crippen molar-refractivity contribution in [2.75, 3.05) is 6.54 Å². The van der Waals surface area contributed by atoms with Crippen LogP contribution in [0.15, 0.2) is 12.5 Å². The molecule has 114 valence electrons. The summed E-state index contributed by atoms with van der Waals surface area (Å²) < 4.78 is 0. The number of halogens is 2. The van der Waals surface area contributed by atoms with Crippen molar-refractivity contribution < 1.29 is 0 Å². The van der Waals surface area contributed by atoms with Gasteiger partial charge >= 0.3 is 0 Å². The van der Waals surface area contributed by atoms with Crippen LogP contribution in [0.1, 0.15) is 41.4 Å². The molecule has 0 atom stereocenters. The molecular weight excluding hydrogens is 321 g/mol. The zero-order valence-corrected chi connectivity index (χ0v) is 13.5. The molecule has 2 aliphatic rings. The van der Waals surface area contributed by atoms with Crippen molar-refractivity contribution in [3.63, 3.8) is 0 Å². The van der Waals surface area contributed by atoms with Crippen molar-refractivity contribution in [2.45, 2.75) is 38.3 Å². The zero-order valence-electron chi connectivity index (χ0n) is 12.0. The fourth-order valence-electron chi connectivity index (χ4n) is 2.77. The monoisotopic (exact) mass is 335 g/mol. The van der Waals surface area contributed by atoms with E-state index in [0.29, 0.717) is 22.8 Å². The first-order valence-corrected chi connectivity index (χ1v) is 8.18. The van der Waals surface area contributed by atoms with Crippen LogP contribution in [0.2, 0.25) is 10.3 Å². The van der Waals surface area contributed by atoms with Gasteiger partial charge < -0.3 is 0 Å². The number of aromatic nitrogens is 4. The molecule has 22 heavy (non-hydrogen) atoms. The van der Waals surface area contributed by atoms with Crippen molar-refractivity contribution in [3.8, 4) is 0 Å². The maximum Gasteiger partial charge on any atom is 0.138 e. The summed E-state index contributed by atoms with van der Waals surface area (Å²) >= 11 is 12.3. The second-order valence-electron chi connectivity index (χ2n) is 5.87. The third-order valence-corrected chi connectivity index (χ3v) is 4.86. The normalized spacial score (nSPS) is 18.3. The standard InChI is InChI=1S/C15H15Cl2N5/c16-13-11(14(17)20-8-19-13)6-22-4-3-10-5-18-15(9-1-2-9)21-12(10)7-22/h5,8-9H,1-4,6-7H2. The molecule has 0 N–H and O–H groups in total. The third kappa shape index (κ3) is 2.81. The van der Waals surface area contributed by atoms with Gasteiger partial charge in [0.15, 0.2) is 0 Å². The smallest absolute Gasteiger partial charge is 0.138 e. The van der Waals surface area contributed by atoms with Gasteiger partial charge in [-0.2, -0.15) is 0 Å². The van der Waals surface area contributed by atoms with E-state index in [4.69, 9.17) is 28.2 Å². The predicted octanol–water partition coefficient (Wildman–Crippen LogP) is 3.01. The molecule has 0 unspecified atom stereocenters. The lowest BCUT2D eigenvalue weighted by Gasteiger charge is -2.28. The Morgan fingerprint density at radius 1 is 1.14 bits per heavy atom. The minimum atomic E-state index is 0.423. The van der Waals surface area contributed by atoms with Crippen molar-refractivity contribution in [1.82, 2.24) is 24.8 Å². The Hall–Kier alpha value is -1.30. The van der Waals surface area contributed by atoms with Gasteiger partial charge in [-0.25, -0.2) is 19.9 Å². The van der Waals surface area contributed by atoms with E-state index < -0.39 is 0 Å². The van der Waals surface area contributed by atoms with Crippen LogP contribution in [0.5, 0.6) is 0 Å². The highest BCUT2D eigenvalue weighted by Crippen LogP contribution is 2.38. The highest BCUT2D eigenvalue weighted by Gasteiger charge is 2.28. The van der Waals surface area contributed by atoms with Crippen LogP contribution in [0.3, 0.4) is 0 Å². The Kier molecular flexibility index (Phi) is 3.72. The maximum atomic E-state index is 6.14. The van der Waals surface area contributed by atoms with Gasteiger partial charge in [0, 0.05) is 37.3 Å². The SMILES string of the molecule is Clc1ncnc(Cl)c1CN1CCc2cnc(C3CC3)nc2C1. The van der Waals surface area contributed by atoms with Gasteiger partial charge in [-0.1, -0.05) is 23.2 Å². The molecule has 1 fully saturated rings. The fraction of sp³-hybridized carbons (Fsp3) is 0.467. The average molecular weight is 336 g/mol. The summed E-state index contributed by atoms with van der Waals surface area (Å²) in [7, 11) is 0. The van der Waals surface area contributed by atoms with Crippen LogP contribution in [0.4, 0.5) is 0 Å². The molecule has 0 spiro atoms. The molecule has 4 rings (SSSR count). The molecule has 0 bridgehead atoms. The topological polar surface area (TPSA) is 54.8 Å². The summed E-state index contributed by atoms with van der Waals surface area (Å²) in [6.07, 6.45) is 6.76. The second kappa shape index (κ2) is 5.72. The first-order valence-electron chi connectivity index (χ1n) is 7.42. The molecule has 7 heteroatoms. The summed E-state index contributed by atoms with van der Waals surface area (Å²) in [5, 5.41) is 0.847. The number of hydrogen-bond acceptors (Lipinski definition) is 5. The van der Waals surface area contributed by atoms with Crippen molar-refractivity contribution in [2.24, 2.45) is 0 Å². The van der Waals surface area contributed by atoms with Crippen LogP contribution in [0.25, 0.3) is 0 Å². The summed E-state index contributed by atoms with van der Waals surface area (Å²) in [6.45, 7) is 2.36. The Labute approximate surface area is 138 Å². The molecule has 0 amide bonds. The molecule has 3 heterocycles. The third-order valence-electron chi connectivity index (χ3n) is 4.21. The van der Waals surface area contributed by atoms with E-state index in [-0.39, 0.29) is 0 Å². The summed E-state index contributed by atoms with van der Waals surface area (Å²) in [4.78, 5) is 19.6. The minimum Gasteiger partial charge on any atom is -0.293 e. The minimum absolute atomic E-state index is 0.423. The molecule has 1 aliphatic carbocycles. The summed E-state index contributed by atoms with van der Waals surface area (Å²) in [6, 6.07) is 0. The van der Waals surface area contributed by atoms with Crippen LogP contribution in [-0.2, 0) is 19.5 Å². The van der Waals surface area contributed by atoms with Gasteiger partial charge in [0.2, 0.25) is 0 Å². The lowest BCUT2D eigenvalue weighted by molar-refractivity contribution is 0.240. The first-order chi connectivity index (χ1) is 10.7. The van der Waals surface area contributed by atoms with E-state index in [1.54, 1.807) is 0 Å². The van der Waals surface area contributed by atoms with Crippen LogP contribution >= 0.6 is 23.2 Å². The van der Waals surface area contributed by atoms with Gasteiger partial charge in [0.25, 0.3) is 0 Å². The largest absolute Gasteiger partial charge is 0.293 e. The Bertz CT molecular complexity index is 697. The first kappa shape index (κ1) is 14.3. The van der Waals surface area contributed by atoms with Crippen LogP contribution < -0.4 is 0 Å². The Balaban J connectivity index is 1.55. The Morgan fingerprint density at radius 2 is 1.91 bits per heavy atom. The second-order valence-corrected chi connectivity index (χ2v) is 6.58. The molecule has 2 aromatic rings. The van der Waals surface area contributed by atoms with E-state index in [1.807, 2.05) is 6.20 Å². The van der Waals surface area contributed by atoms with E-state index in [2.05, 4.69) is 19.9 Å². The predicted molar refractivity (Wildman–Crippen MR) is 83.9 cm³/mol. The number of nitrogens with zero attached hydrogens (tertiary/aromatic N) is 5. The van der Waals surface area contributed by atoms with Crippen molar-refractivity contribution in [1.29, 1.82) is 0 Å². The molecule has 2 aromatic heterocycles. The molecule has 5 nitrogen and oxygen atoms in total. The quantitative estimate of drug-likeness (QED) is 0.807. The molecule has 1 saturated carbocycles. The molecule has 0 aromatic carbocycles. The number of hydrogen-bond donors (Lipinski definition) is 0. The highest BCUT2D eigenvalue weighted by molar-refractivity contribution is 6.34. The number of fused-ring (bicyclic) bond motifs is 1. The Morgan fingerprint density at radius 3 is 2.64 bits per heavy atom. The van der Waals surface area contributed by atoms with Crippen LogP contribution in [-0.4, -0.2) is 31.4 Å². The molecule has 1 aliphatic heterocycles. The van der Waals surface area contributed by atoms with E-state index >= 15 is 0 Å². The molecule has 0 radical (unpaired) electrons. The summed E-state index contributed by atoms with van der Waals surface area (Å²) in [5.74, 6) is 1.58.